The highest BCUT2D eigenvalue weighted by Gasteiger charge is 1.98. The van der Waals surface area contributed by atoms with E-state index >= 15 is 0 Å². The molecule has 0 rings (SSSR count). The van der Waals surface area contributed by atoms with Gasteiger partial charge in [-0.15, -0.1) is 0 Å². The monoisotopic (exact) mass is 122 g/mol. The maximum atomic E-state index is 2.31. The molecule has 0 aromatic rings. The third-order valence-corrected chi connectivity index (χ3v) is 2.96. The van der Waals surface area contributed by atoms with Crippen molar-refractivity contribution in [3.63, 3.8) is 0 Å². The molecule has 0 heterocycles. The van der Waals surface area contributed by atoms with Crippen molar-refractivity contribution >= 4 is 10.9 Å². The van der Waals surface area contributed by atoms with E-state index in [-0.39, 0.29) is 5.48 Å². The minimum atomic E-state index is 0. The van der Waals surface area contributed by atoms with Gasteiger partial charge in [0.25, 0.3) is 0 Å². The van der Waals surface area contributed by atoms with Gasteiger partial charge in [-0.2, -0.15) is 0 Å². The molecular formula is C5H14OS. The van der Waals surface area contributed by atoms with Crippen molar-refractivity contribution in [3.05, 3.63) is 0 Å². The molecule has 0 saturated carbocycles. The highest BCUT2D eigenvalue weighted by atomic mass is 32.2. The zero-order valence-corrected chi connectivity index (χ0v) is 6.09. The first kappa shape index (κ1) is 10.3. The quantitative estimate of drug-likeness (QED) is 0.504. The highest BCUT2D eigenvalue weighted by Crippen LogP contribution is 1.85. The standard InChI is InChI=1S/C5H13S.H2O/c1-4-6(3)5-2;/h4-5H2,1-3H3;1H2/q+1;/p-1. The van der Waals surface area contributed by atoms with Gasteiger partial charge < -0.3 is 5.48 Å². The molecule has 0 aliphatic heterocycles. The summed E-state index contributed by atoms with van der Waals surface area (Å²) >= 11 is 0. The Morgan fingerprint density at radius 1 is 1.14 bits per heavy atom. The van der Waals surface area contributed by atoms with Crippen LogP contribution in [0.25, 0.3) is 0 Å². The van der Waals surface area contributed by atoms with Gasteiger partial charge in [-0.1, -0.05) is 0 Å². The molecule has 0 aromatic carbocycles. The van der Waals surface area contributed by atoms with Crippen molar-refractivity contribution in [1.29, 1.82) is 0 Å². The summed E-state index contributed by atoms with van der Waals surface area (Å²) in [6.45, 7) is 4.49. The van der Waals surface area contributed by atoms with E-state index in [4.69, 9.17) is 0 Å². The minimum Gasteiger partial charge on any atom is -0.870 e. The van der Waals surface area contributed by atoms with Gasteiger partial charge in [0, 0.05) is 0 Å². The average Bonchev–Trinajstić information content (AvgIpc) is 1.65. The largest absolute Gasteiger partial charge is 0.870 e. The van der Waals surface area contributed by atoms with Gasteiger partial charge >= 0.3 is 0 Å². The summed E-state index contributed by atoms with van der Waals surface area (Å²) in [5, 5.41) is 0. The first-order chi connectivity index (χ1) is 2.81. The van der Waals surface area contributed by atoms with Crippen molar-refractivity contribution in [3.8, 4) is 0 Å². The van der Waals surface area contributed by atoms with E-state index in [0.29, 0.717) is 10.9 Å². The van der Waals surface area contributed by atoms with Crippen LogP contribution in [0.5, 0.6) is 0 Å². The van der Waals surface area contributed by atoms with Gasteiger partial charge in [0.2, 0.25) is 0 Å². The number of hydrogen-bond donors (Lipinski definition) is 0. The van der Waals surface area contributed by atoms with E-state index in [0.717, 1.165) is 0 Å². The number of hydrogen-bond acceptors (Lipinski definition) is 1. The Balaban J connectivity index is 0. The summed E-state index contributed by atoms with van der Waals surface area (Å²) < 4.78 is 0. The number of rotatable bonds is 2. The molecule has 0 amide bonds. The van der Waals surface area contributed by atoms with Crippen LogP contribution in [0.2, 0.25) is 0 Å². The van der Waals surface area contributed by atoms with Gasteiger partial charge in [0.1, 0.15) is 11.5 Å². The van der Waals surface area contributed by atoms with E-state index in [1.807, 2.05) is 0 Å². The summed E-state index contributed by atoms with van der Waals surface area (Å²) in [5.74, 6) is 2.72. The Bertz CT molecular complexity index is 27.3. The Hall–Kier alpha value is 0.310. The molecular weight excluding hydrogens is 108 g/mol. The zero-order chi connectivity index (χ0) is 4.99. The van der Waals surface area contributed by atoms with Crippen LogP contribution < -0.4 is 0 Å². The molecule has 0 fully saturated rings. The third kappa shape index (κ3) is 6.31. The minimum absolute atomic E-state index is 0. The first-order valence-electron chi connectivity index (χ1n) is 2.40. The maximum Gasteiger partial charge on any atom is 0.105 e. The summed E-state index contributed by atoms with van der Waals surface area (Å²) in [4.78, 5) is 0. The molecule has 1 nitrogen and oxygen atoms in total. The lowest BCUT2D eigenvalue weighted by atomic mass is 11.0. The molecule has 7 heavy (non-hydrogen) atoms. The highest BCUT2D eigenvalue weighted by molar-refractivity contribution is 7.96. The zero-order valence-electron chi connectivity index (χ0n) is 5.27. The molecule has 0 aliphatic carbocycles. The van der Waals surface area contributed by atoms with Gasteiger partial charge in [-0.05, 0) is 24.7 Å². The van der Waals surface area contributed by atoms with Crippen LogP contribution in [-0.4, -0.2) is 23.2 Å². The molecule has 0 atom stereocenters. The Morgan fingerprint density at radius 3 is 1.43 bits per heavy atom. The van der Waals surface area contributed by atoms with Crippen LogP contribution in [0.15, 0.2) is 0 Å². The lowest BCUT2D eigenvalue weighted by Crippen LogP contribution is -2.02. The predicted molar refractivity (Wildman–Crippen MR) is 36.3 cm³/mol. The molecule has 0 aromatic heterocycles. The average molecular weight is 122 g/mol. The molecule has 0 saturated heterocycles. The van der Waals surface area contributed by atoms with Crippen LogP contribution in [0.4, 0.5) is 0 Å². The molecule has 0 radical (unpaired) electrons. The molecule has 2 heteroatoms. The summed E-state index contributed by atoms with van der Waals surface area (Å²) in [5.41, 5.74) is 0. The Morgan fingerprint density at radius 2 is 1.43 bits per heavy atom. The lowest BCUT2D eigenvalue weighted by Gasteiger charge is -1.89. The lowest BCUT2D eigenvalue weighted by molar-refractivity contribution is 0.824. The van der Waals surface area contributed by atoms with Crippen LogP contribution in [0.1, 0.15) is 13.8 Å². The van der Waals surface area contributed by atoms with Gasteiger partial charge in [0.15, 0.2) is 0 Å². The molecule has 1 N–H and O–H groups in total. The predicted octanol–water partition coefficient (Wildman–Crippen LogP) is 1.10. The SMILES string of the molecule is CC[S+](C)CC.[OH-]. The molecule has 46 valence electrons. The second-order valence-corrected chi connectivity index (χ2v) is 4.08. The van der Waals surface area contributed by atoms with Gasteiger partial charge in [-0.25, -0.2) is 0 Å². The van der Waals surface area contributed by atoms with Crippen molar-refractivity contribution in [2.24, 2.45) is 0 Å². The maximum absolute atomic E-state index is 2.31. The Kier molecular flexibility index (Phi) is 9.31. The van der Waals surface area contributed by atoms with Gasteiger partial charge in [-0.3, -0.25) is 0 Å². The van der Waals surface area contributed by atoms with E-state index in [1.165, 1.54) is 11.5 Å². The normalized spacial score (nSPS) is 8.57. The van der Waals surface area contributed by atoms with Crippen molar-refractivity contribution in [2.45, 2.75) is 13.8 Å². The van der Waals surface area contributed by atoms with Crippen molar-refractivity contribution in [1.82, 2.24) is 0 Å². The molecule has 0 aliphatic rings. The molecule has 0 unspecified atom stereocenters. The fourth-order valence-corrected chi connectivity index (χ4v) is 0.612. The topological polar surface area (TPSA) is 30.0 Å². The Labute approximate surface area is 48.8 Å². The summed E-state index contributed by atoms with van der Waals surface area (Å²) in [6, 6.07) is 0. The van der Waals surface area contributed by atoms with Crippen LogP contribution in [0, 0.1) is 0 Å². The van der Waals surface area contributed by atoms with E-state index < -0.39 is 0 Å². The van der Waals surface area contributed by atoms with E-state index in [9.17, 15) is 0 Å². The van der Waals surface area contributed by atoms with E-state index in [2.05, 4.69) is 20.1 Å². The first-order valence-corrected chi connectivity index (χ1v) is 4.37. The fraction of sp³-hybridized carbons (Fsp3) is 1.00. The fourth-order valence-electron chi connectivity index (χ4n) is 0.204. The summed E-state index contributed by atoms with van der Waals surface area (Å²) in [7, 11) is 0.716. The smallest absolute Gasteiger partial charge is 0.105 e. The van der Waals surface area contributed by atoms with Crippen LogP contribution >= 0.6 is 0 Å². The van der Waals surface area contributed by atoms with Crippen LogP contribution in [-0.2, 0) is 10.9 Å². The second kappa shape index (κ2) is 6.31. The van der Waals surface area contributed by atoms with Crippen LogP contribution in [0.3, 0.4) is 0 Å². The van der Waals surface area contributed by atoms with Crippen molar-refractivity contribution in [2.75, 3.05) is 17.8 Å². The molecule has 0 spiro atoms. The van der Waals surface area contributed by atoms with Gasteiger partial charge in [0.05, 0.1) is 6.26 Å². The molecule has 0 bridgehead atoms. The summed E-state index contributed by atoms with van der Waals surface area (Å²) in [6.07, 6.45) is 2.31. The van der Waals surface area contributed by atoms with Crippen molar-refractivity contribution < 1.29 is 5.48 Å². The van der Waals surface area contributed by atoms with E-state index in [1.54, 1.807) is 0 Å². The second-order valence-electron chi connectivity index (χ2n) is 1.36. The third-order valence-electron chi connectivity index (χ3n) is 0.986.